The van der Waals surface area contributed by atoms with E-state index in [4.69, 9.17) is 9.47 Å². The fourth-order valence-corrected chi connectivity index (χ4v) is 6.26. The maximum absolute atomic E-state index is 13.5. The highest BCUT2D eigenvalue weighted by Gasteiger charge is 2.28. The molecule has 0 aromatic heterocycles. The van der Waals surface area contributed by atoms with Gasteiger partial charge in [-0.3, -0.25) is 4.79 Å². The summed E-state index contributed by atoms with van der Waals surface area (Å²) in [5.41, 5.74) is 2.08. The van der Waals surface area contributed by atoms with Crippen molar-refractivity contribution in [3.05, 3.63) is 130 Å². The molecular formula is C32H31BrN2O6S. The summed E-state index contributed by atoms with van der Waals surface area (Å²) in [7, 11) is -2.69. The number of esters is 1. The lowest BCUT2D eigenvalue weighted by Crippen LogP contribution is -2.46. The predicted octanol–water partition coefficient (Wildman–Crippen LogP) is 4.93. The number of rotatable bonds is 13. The molecule has 42 heavy (non-hydrogen) atoms. The van der Waals surface area contributed by atoms with Crippen LogP contribution in [-0.2, 0) is 32.4 Å². The molecule has 2 unspecified atom stereocenters. The number of nitrogens with one attached hydrogen (secondary N) is 2. The third-order valence-corrected chi connectivity index (χ3v) is 8.43. The first kappa shape index (κ1) is 31.0. The van der Waals surface area contributed by atoms with Crippen molar-refractivity contribution < 1.29 is 27.5 Å². The molecule has 10 heteroatoms. The second kappa shape index (κ2) is 14.8. The fourth-order valence-electron chi connectivity index (χ4n) is 4.33. The number of hydrogen-bond donors (Lipinski definition) is 2. The quantitative estimate of drug-likeness (QED) is 0.199. The molecule has 0 aliphatic heterocycles. The first-order chi connectivity index (χ1) is 20.2. The van der Waals surface area contributed by atoms with Crippen molar-refractivity contribution in [1.82, 2.24) is 10.0 Å². The second-order valence-corrected chi connectivity index (χ2v) is 12.1. The molecule has 2 atom stereocenters. The lowest BCUT2D eigenvalue weighted by Gasteiger charge is -2.22. The van der Waals surface area contributed by atoms with E-state index in [9.17, 15) is 18.0 Å². The minimum absolute atomic E-state index is 0.0548. The Morgan fingerprint density at radius 1 is 0.810 bits per heavy atom. The van der Waals surface area contributed by atoms with E-state index >= 15 is 0 Å². The minimum Gasteiger partial charge on any atom is -0.495 e. The highest BCUT2D eigenvalue weighted by Crippen LogP contribution is 2.27. The van der Waals surface area contributed by atoms with Crippen LogP contribution in [-0.4, -0.2) is 46.1 Å². The Balaban J connectivity index is 1.55. The lowest BCUT2D eigenvalue weighted by molar-refractivity contribution is -0.146. The summed E-state index contributed by atoms with van der Waals surface area (Å²) < 4.78 is 41.2. The number of carbonyl (C=O) groups is 2. The van der Waals surface area contributed by atoms with Gasteiger partial charge in [0.25, 0.3) is 5.91 Å². The van der Waals surface area contributed by atoms with Crippen molar-refractivity contribution in [2.45, 2.75) is 29.8 Å². The Morgan fingerprint density at radius 3 is 1.98 bits per heavy atom. The average molecular weight is 652 g/mol. The van der Waals surface area contributed by atoms with Crippen LogP contribution in [0.4, 0.5) is 0 Å². The molecule has 0 bridgehead atoms. The Bertz CT molecular complexity index is 1590. The van der Waals surface area contributed by atoms with E-state index in [-0.39, 0.29) is 30.1 Å². The Kier molecular flexibility index (Phi) is 10.9. The zero-order chi connectivity index (χ0) is 30.0. The van der Waals surface area contributed by atoms with Crippen LogP contribution in [0.25, 0.3) is 0 Å². The van der Waals surface area contributed by atoms with E-state index in [0.717, 1.165) is 11.1 Å². The summed E-state index contributed by atoms with van der Waals surface area (Å²) in [5, 5.41) is 2.78. The van der Waals surface area contributed by atoms with Crippen molar-refractivity contribution in [2.24, 2.45) is 0 Å². The summed E-state index contributed by atoms with van der Waals surface area (Å²) in [4.78, 5) is 26.3. The van der Waals surface area contributed by atoms with Gasteiger partial charge in [-0.05, 0) is 47.9 Å². The molecular weight excluding hydrogens is 620 g/mol. The molecule has 0 fully saturated rings. The second-order valence-electron chi connectivity index (χ2n) is 9.51. The van der Waals surface area contributed by atoms with Crippen LogP contribution in [0.2, 0.25) is 0 Å². The highest BCUT2D eigenvalue weighted by atomic mass is 79.9. The lowest BCUT2D eigenvalue weighted by atomic mass is 10.1. The molecule has 0 saturated heterocycles. The fraction of sp³-hybridized carbons (Fsp3) is 0.188. The van der Waals surface area contributed by atoms with Gasteiger partial charge in [-0.1, -0.05) is 94.8 Å². The zero-order valence-corrected chi connectivity index (χ0v) is 25.3. The topological polar surface area (TPSA) is 111 Å². The van der Waals surface area contributed by atoms with E-state index in [1.165, 1.54) is 13.2 Å². The molecule has 0 heterocycles. The molecule has 0 spiro atoms. The normalized spacial score (nSPS) is 12.6. The van der Waals surface area contributed by atoms with Gasteiger partial charge in [0.2, 0.25) is 10.0 Å². The van der Waals surface area contributed by atoms with Gasteiger partial charge in [-0.15, -0.1) is 0 Å². The molecule has 0 saturated carbocycles. The molecule has 4 rings (SSSR count). The van der Waals surface area contributed by atoms with Crippen LogP contribution in [0.1, 0.15) is 21.5 Å². The molecule has 0 aliphatic rings. The molecule has 2 N–H and O–H groups in total. The van der Waals surface area contributed by atoms with Gasteiger partial charge >= 0.3 is 5.97 Å². The van der Waals surface area contributed by atoms with Crippen molar-refractivity contribution in [1.29, 1.82) is 0 Å². The largest absolute Gasteiger partial charge is 0.495 e. The van der Waals surface area contributed by atoms with Crippen molar-refractivity contribution in [3.63, 3.8) is 0 Å². The third-order valence-electron chi connectivity index (χ3n) is 6.40. The maximum Gasteiger partial charge on any atom is 0.329 e. The van der Waals surface area contributed by atoms with E-state index in [1.54, 1.807) is 42.5 Å². The summed E-state index contributed by atoms with van der Waals surface area (Å²) in [6.07, 6.45) is 0.450. The van der Waals surface area contributed by atoms with Crippen molar-refractivity contribution in [2.75, 3.05) is 13.7 Å². The third kappa shape index (κ3) is 8.75. The molecule has 0 aliphatic carbocycles. The van der Waals surface area contributed by atoms with Gasteiger partial charge in [0, 0.05) is 16.5 Å². The van der Waals surface area contributed by atoms with Gasteiger partial charge in [0.05, 0.1) is 13.2 Å². The Morgan fingerprint density at radius 2 is 1.38 bits per heavy atom. The monoisotopic (exact) mass is 650 g/mol. The molecule has 218 valence electrons. The van der Waals surface area contributed by atoms with Crippen molar-refractivity contribution >= 4 is 37.8 Å². The Labute approximate surface area is 254 Å². The van der Waals surface area contributed by atoms with Crippen LogP contribution in [0, 0.1) is 0 Å². The summed E-state index contributed by atoms with van der Waals surface area (Å²) in [5.74, 6) is -0.926. The van der Waals surface area contributed by atoms with Crippen LogP contribution < -0.4 is 14.8 Å². The number of ether oxygens (including phenoxy) is 2. The number of sulfonamides is 1. The molecule has 8 nitrogen and oxygen atoms in total. The van der Waals surface area contributed by atoms with E-state index in [1.807, 2.05) is 60.7 Å². The van der Waals surface area contributed by atoms with Gasteiger partial charge in [-0.2, -0.15) is 0 Å². The van der Waals surface area contributed by atoms with E-state index < -0.39 is 34.0 Å². The van der Waals surface area contributed by atoms with Gasteiger partial charge in [0.15, 0.2) is 0 Å². The standard InChI is InChI=1S/C32H31BrN2O6S/c1-40-29-18-17-26(33)21-30(29)42(38,39)35-27(19-23-11-5-2-6-12-23)22-41-32(37)28(20-24-13-7-3-8-14-24)34-31(36)25-15-9-4-10-16-25/h2-18,21,27-28,35H,19-20,22H2,1H3,(H,34,36). The smallest absolute Gasteiger partial charge is 0.329 e. The SMILES string of the molecule is COc1ccc(Br)cc1S(=O)(=O)NC(COC(=O)C(Cc1ccccc1)NC(=O)c1ccccc1)Cc1ccccc1. The van der Waals surface area contributed by atoms with E-state index in [2.05, 4.69) is 26.0 Å². The summed E-state index contributed by atoms with van der Waals surface area (Å²) >= 11 is 3.32. The van der Waals surface area contributed by atoms with E-state index in [0.29, 0.717) is 10.0 Å². The number of hydrogen-bond acceptors (Lipinski definition) is 6. The van der Waals surface area contributed by atoms with Gasteiger partial charge < -0.3 is 14.8 Å². The van der Waals surface area contributed by atoms with Crippen LogP contribution in [0.3, 0.4) is 0 Å². The molecule has 1 amide bonds. The summed E-state index contributed by atoms with van der Waals surface area (Å²) in [6.45, 7) is -0.268. The number of methoxy groups -OCH3 is 1. The van der Waals surface area contributed by atoms with Gasteiger partial charge in [-0.25, -0.2) is 17.9 Å². The maximum atomic E-state index is 13.5. The number of amides is 1. The number of benzene rings is 4. The van der Waals surface area contributed by atoms with Gasteiger partial charge in [0.1, 0.15) is 23.3 Å². The first-order valence-electron chi connectivity index (χ1n) is 13.2. The molecule has 0 radical (unpaired) electrons. The van der Waals surface area contributed by atoms with Crippen LogP contribution in [0.15, 0.2) is 119 Å². The summed E-state index contributed by atoms with van der Waals surface area (Å²) in [6, 6.07) is 30.0. The Hall–Kier alpha value is -3.99. The predicted molar refractivity (Wildman–Crippen MR) is 164 cm³/mol. The molecule has 4 aromatic carbocycles. The molecule has 4 aromatic rings. The average Bonchev–Trinajstić information content (AvgIpc) is 3.00. The number of carbonyl (C=O) groups excluding carboxylic acids is 2. The number of halogens is 1. The highest BCUT2D eigenvalue weighted by molar-refractivity contribution is 9.10. The zero-order valence-electron chi connectivity index (χ0n) is 22.9. The van der Waals surface area contributed by atoms with Crippen LogP contribution >= 0.6 is 15.9 Å². The first-order valence-corrected chi connectivity index (χ1v) is 15.5. The van der Waals surface area contributed by atoms with Crippen LogP contribution in [0.5, 0.6) is 5.75 Å². The minimum atomic E-state index is -4.08. The van der Waals surface area contributed by atoms with Crippen molar-refractivity contribution in [3.8, 4) is 5.75 Å².